The Morgan fingerprint density at radius 3 is 2.72 bits per heavy atom. The number of nitrogens with zero attached hydrogens (tertiary/aromatic N) is 1. The van der Waals surface area contributed by atoms with Gasteiger partial charge >= 0.3 is 5.97 Å². The zero-order valence-corrected chi connectivity index (χ0v) is 10.7. The zero-order chi connectivity index (χ0) is 13.0. The largest absolute Gasteiger partial charge is 0.481 e. The van der Waals surface area contributed by atoms with Crippen molar-refractivity contribution in [2.45, 2.75) is 32.1 Å². The van der Waals surface area contributed by atoms with Crippen LogP contribution in [0.5, 0.6) is 0 Å². The molecule has 1 amide bonds. The summed E-state index contributed by atoms with van der Waals surface area (Å²) in [5.74, 6) is 0.0623. The van der Waals surface area contributed by atoms with Gasteiger partial charge in [0.15, 0.2) is 0 Å². The van der Waals surface area contributed by atoms with E-state index in [1.54, 1.807) is 0 Å². The van der Waals surface area contributed by atoms with Crippen LogP contribution in [0.15, 0.2) is 0 Å². The molecule has 2 heterocycles. The highest BCUT2D eigenvalue weighted by molar-refractivity contribution is 5.76. The number of carboxylic acid groups (broad SMARTS) is 1. The van der Waals surface area contributed by atoms with Crippen molar-refractivity contribution in [1.82, 2.24) is 10.2 Å². The van der Waals surface area contributed by atoms with E-state index in [-0.39, 0.29) is 18.2 Å². The third kappa shape index (κ3) is 3.70. The Labute approximate surface area is 108 Å². The SMILES string of the molecule is O=C(O)CC1CCCN(C(=O)CC2CCNC2)C1. The number of piperidine rings is 1. The van der Waals surface area contributed by atoms with Gasteiger partial charge in [0.05, 0.1) is 0 Å². The van der Waals surface area contributed by atoms with Gasteiger partial charge in [-0.1, -0.05) is 0 Å². The fourth-order valence-electron chi connectivity index (χ4n) is 2.97. The van der Waals surface area contributed by atoms with Crippen LogP contribution in [-0.4, -0.2) is 48.1 Å². The van der Waals surface area contributed by atoms with Gasteiger partial charge in [-0.3, -0.25) is 9.59 Å². The summed E-state index contributed by atoms with van der Waals surface area (Å²) in [5.41, 5.74) is 0. The minimum atomic E-state index is -0.755. The molecule has 2 saturated heterocycles. The molecular weight excluding hydrogens is 232 g/mol. The summed E-state index contributed by atoms with van der Waals surface area (Å²) in [4.78, 5) is 24.7. The monoisotopic (exact) mass is 254 g/mol. The van der Waals surface area contributed by atoms with Crippen LogP contribution in [0.4, 0.5) is 0 Å². The second-order valence-electron chi connectivity index (χ2n) is 5.51. The lowest BCUT2D eigenvalue weighted by Gasteiger charge is -2.32. The summed E-state index contributed by atoms with van der Waals surface area (Å²) in [6.07, 6.45) is 3.76. The number of rotatable bonds is 4. The second-order valence-corrected chi connectivity index (χ2v) is 5.51. The summed E-state index contributed by atoms with van der Waals surface area (Å²) in [7, 11) is 0. The number of amides is 1. The molecule has 0 saturated carbocycles. The second kappa shape index (κ2) is 6.18. The molecule has 0 aromatic heterocycles. The van der Waals surface area contributed by atoms with Crippen molar-refractivity contribution in [3.05, 3.63) is 0 Å². The molecule has 102 valence electrons. The molecule has 0 bridgehead atoms. The first-order chi connectivity index (χ1) is 8.65. The normalized spacial score (nSPS) is 28.3. The Bertz CT molecular complexity index is 313. The molecular formula is C13H22N2O3. The van der Waals surface area contributed by atoms with Crippen molar-refractivity contribution < 1.29 is 14.7 Å². The average molecular weight is 254 g/mol. The molecule has 18 heavy (non-hydrogen) atoms. The highest BCUT2D eigenvalue weighted by Crippen LogP contribution is 2.22. The van der Waals surface area contributed by atoms with E-state index in [1.807, 2.05) is 4.90 Å². The number of carbonyl (C=O) groups is 2. The van der Waals surface area contributed by atoms with Crippen molar-refractivity contribution in [2.24, 2.45) is 11.8 Å². The van der Waals surface area contributed by atoms with E-state index in [9.17, 15) is 9.59 Å². The fraction of sp³-hybridized carbons (Fsp3) is 0.846. The van der Waals surface area contributed by atoms with Gasteiger partial charge in [0, 0.05) is 25.9 Å². The van der Waals surface area contributed by atoms with Crippen LogP contribution in [0.1, 0.15) is 32.1 Å². The number of aliphatic carboxylic acids is 1. The first-order valence-electron chi connectivity index (χ1n) is 6.85. The van der Waals surface area contributed by atoms with E-state index in [1.165, 1.54) is 0 Å². The molecule has 2 N–H and O–H groups in total. The zero-order valence-electron chi connectivity index (χ0n) is 10.7. The van der Waals surface area contributed by atoms with Crippen LogP contribution in [0.3, 0.4) is 0 Å². The third-order valence-electron chi connectivity index (χ3n) is 3.96. The molecule has 0 aliphatic carbocycles. The molecule has 0 aromatic carbocycles. The van der Waals surface area contributed by atoms with Crippen molar-refractivity contribution >= 4 is 11.9 Å². The Hall–Kier alpha value is -1.10. The lowest BCUT2D eigenvalue weighted by Crippen LogP contribution is -2.41. The van der Waals surface area contributed by atoms with Gasteiger partial charge in [0.2, 0.25) is 5.91 Å². The summed E-state index contributed by atoms with van der Waals surface area (Å²) < 4.78 is 0. The standard InChI is InChI=1S/C13H22N2O3/c16-12(6-10-3-4-14-8-10)15-5-1-2-11(9-15)7-13(17)18/h10-11,14H,1-9H2,(H,17,18). The lowest BCUT2D eigenvalue weighted by molar-refractivity contribution is -0.141. The molecule has 2 unspecified atom stereocenters. The minimum Gasteiger partial charge on any atom is -0.481 e. The number of carbonyl (C=O) groups excluding carboxylic acids is 1. The molecule has 0 aromatic rings. The third-order valence-corrected chi connectivity index (χ3v) is 3.96. The topological polar surface area (TPSA) is 69.6 Å². The molecule has 2 atom stereocenters. The number of likely N-dealkylation sites (tertiary alicyclic amines) is 1. The lowest BCUT2D eigenvalue weighted by atomic mass is 9.94. The van der Waals surface area contributed by atoms with Crippen molar-refractivity contribution in [3.8, 4) is 0 Å². The number of carboxylic acids is 1. The summed E-state index contributed by atoms with van der Waals surface area (Å²) >= 11 is 0. The maximum absolute atomic E-state index is 12.1. The Balaban J connectivity index is 1.79. The van der Waals surface area contributed by atoms with Crippen molar-refractivity contribution in [2.75, 3.05) is 26.2 Å². The van der Waals surface area contributed by atoms with Crippen molar-refractivity contribution in [3.63, 3.8) is 0 Å². The predicted molar refractivity (Wildman–Crippen MR) is 67.2 cm³/mol. The summed E-state index contributed by atoms with van der Waals surface area (Å²) in [5, 5.41) is 12.1. The predicted octanol–water partition coefficient (Wildman–Crippen LogP) is 0.699. The molecule has 5 heteroatoms. The summed E-state index contributed by atoms with van der Waals surface area (Å²) in [6, 6.07) is 0. The van der Waals surface area contributed by atoms with E-state index in [0.717, 1.165) is 38.9 Å². The number of nitrogens with one attached hydrogen (secondary N) is 1. The fourth-order valence-corrected chi connectivity index (χ4v) is 2.97. The van der Waals surface area contributed by atoms with Crippen LogP contribution in [0.25, 0.3) is 0 Å². The van der Waals surface area contributed by atoms with Crippen LogP contribution < -0.4 is 5.32 Å². The van der Waals surface area contributed by atoms with E-state index >= 15 is 0 Å². The molecule has 2 fully saturated rings. The van der Waals surface area contributed by atoms with Gasteiger partial charge < -0.3 is 15.3 Å². The maximum atomic E-state index is 12.1. The number of hydrogen-bond acceptors (Lipinski definition) is 3. The van der Waals surface area contributed by atoms with E-state index in [2.05, 4.69) is 5.32 Å². The van der Waals surface area contributed by atoms with Gasteiger partial charge in [-0.05, 0) is 44.2 Å². The number of hydrogen-bond donors (Lipinski definition) is 2. The molecule has 2 rings (SSSR count). The molecule has 0 spiro atoms. The van der Waals surface area contributed by atoms with Crippen LogP contribution in [0, 0.1) is 11.8 Å². The Kier molecular flexibility index (Phi) is 4.58. The van der Waals surface area contributed by atoms with Gasteiger partial charge in [-0.2, -0.15) is 0 Å². The smallest absolute Gasteiger partial charge is 0.303 e. The van der Waals surface area contributed by atoms with Crippen LogP contribution in [-0.2, 0) is 9.59 Å². The minimum absolute atomic E-state index is 0.141. The van der Waals surface area contributed by atoms with Crippen LogP contribution in [0.2, 0.25) is 0 Å². The van der Waals surface area contributed by atoms with E-state index in [0.29, 0.717) is 18.9 Å². The molecule has 2 aliphatic rings. The van der Waals surface area contributed by atoms with Gasteiger partial charge in [-0.25, -0.2) is 0 Å². The molecule has 5 nitrogen and oxygen atoms in total. The highest BCUT2D eigenvalue weighted by atomic mass is 16.4. The maximum Gasteiger partial charge on any atom is 0.303 e. The quantitative estimate of drug-likeness (QED) is 0.775. The van der Waals surface area contributed by atoms with Crippen LogP contribution >= 0.6 is 0 Å². The molecule has 0 radical (unpaired) electrons. The van der Waals surface area contributed by atoms with E-state index < -0.39 is 5.97 Å². The van der Waals surface area contributed by atoms with Gasteiger partial charge in [-0.15, -0.1) is 0 Å². The van der Waals surface area contributed by atoms with Gasteiger partial charge in [0.1, 0.15) is 0 Å². The first-order valence-corrected chi connectivity index (χ1v) is 6.85. The Morgan fingerprint density at radius 2 is 2.06 bits per heavy atom. The van der Waals surface area contributed by atoms with Crippen molar-refractivity contribution in [1.29, 1.82) is 0 Å². The average Bonchev–Trinajstić information content (AvgIpc) is 2.81. The first kappa shape index (κ1) is 13.3. The Morgan fingerprint density at radius 1 is 1.22 bits per heavy atom. The highest BCUT2D eigenvalue weighted by Gasteiger charge is 2.27. The molecule has 2 aliphatic heterocycles. The van der Waals surface area contributed by atoms with E-state index in [4.69, 9.17) is 5.11 Å². The summed E-state index contributed by atoms with van der Waals surface area (Å²) in [6.45, 7) is 3.39. The van der Waals surface area contributed by atoms with Gasteiger partial charge in [0.25, 0.3) is 0 Å².